The number of benzene rings is 1. The number of ether oxygens (including phenoxy) is 1. The van der Waals surface area contributed by atoms with Crippen molar-refractivity contribution in [2.75, 3.05) is 6.86 Å². The Kier molecular flexibility index (Phi) is 3.97. The van der Waals surface area contributed by atoms with Crippen molar-refractivity contribution in [2.45, 2.75) is 13.8 Å². The highest BCUT2D eigenvalue weighted by atomic mass is 19.1. The molecule has 23 heavy (non-hydrogen) atoms. The number of hydrogen-bond donors (Lipinski definition) is 1. The Morgan fingerprint density at radius 3 is 2.52 bits per heavy atom. The molecular formula is C17H16FN3O2. The van der Waals surface area contributed by atoms with Crippen LogP contribution in [0.15, 0.2) is 47.4 Å². The molecule has 0 atom stereocenters. The van der Waals surface area contributed by atoms with Gasteiger partial charge in [-0.2, -0.15) is 5.10 Å². The Morgan fingerprint density at radius 1 is 1.17 bits per heavy atom. The summed E-state index contributed by atoms with van der Waals surface area (Å²) < 4.78 is 18.5. The Labute approximate surface area is 132 Å². The minimum Gasteiger partial charge on any atom is -0.463 e. The number of nitrogens with one attached hydrogen (secondary N) is 1. The molecular weight excluding hydrogens is 297 g/mol. The van der Waals surface area contributed by atoms with E-state index in [9.17, 15) is 9.18 Å². The van der Waals surface area contributed by atoms with Gasteiger partial charge in [0.1, 0.15) is 5.75 Å². The molecule has 0 amide bonds. The van der Waals surface area contributed by atoms with Crippen LogP contribution >= 0.6 is 0 Å². The Hall–Kier alpha value is -2.89. The van der Waals surface area contributed by atoms with Crippen molar-refractivity contribution in [1.82, 2.24) is 14.8 Å². The molecule has 1 aromatic carbocycles. The standard InChI is InChI=1S/C17H16FN3O2/c1-11-17(12(2)20-19-11)13-3-8-16(22)21(9-13)14-4-6-15(7-5-14)23-10-18/h3-9H,10H2,1-2H3,(H,19,20). The number of aromatic nitrogens is 3. The lowest BCUT2D eigenvalue weighted by Gasteiger charge is -2.09. The van der Waals surface area contributed by atoms with Gasteiger partial charge in [0.2, 0.25) is 6.86 Å². The molecule has 0 spiro atoms. The van der Waals surface area contributed by atoms with E-state index in [-0.39, 0.29) is 5.56 Å². The third-order valence-corrected chi connectivity index (χ3v) is 3.66. The van der Waals surface area contributed by atoms with E-state index in [1.807, 2.05) is 13.8 Å². The SMILES string of the molecule is Cc1n[nH]c(C)c1-c1ccc(=O)n(-c2ccc(OCF)cc2)c1. The molecule has 3 rings (SSSR count). The molecule has 3 aromatic rings. The van der Waals surface area contributed by atoms with E-state index in [2.05, 4.69) is 10.2 Å². The Bertz CT molecular complexity index is 862. The molecule has 0 fully saturated rings. The van der Waals surface area contributed by atoms with Crippen LogP contribution in [-0.4, -0.2) is 21.6 Å². The summed E-state index contributed by atoms with van der Waals surface area (Å²) in [5.41, 5.74) is 4.24. The Balaban J connectivity index is 2.06. The van der Waals surface area contributed by atoms with Crippen LogP contribution < -0.4 is 10.3 Å². The van der Waals surface area contributed by atoms with Crippen LogP contribution in [0.4, 0.5) is 4.39 Å². The summed E-state index contributed by atoms with van der Waals surface area (Å²) in [5, 5.41) is 7.13. The van der Waals surface area contributed by atoms with Crippen LogP contribution in [0, 0.1) is 13.8 Å². The van der Waals surface area contributed by atoms with E-state index in [0.717, 1.165) is 22.5 Å². The van der Waals surface area contributed by atoms with Gasteiger partial charge in [-0.1, -0.05) is 0 Å². The molecule has 0 aliphatic rings. The van der Waals surface area contributed by atoms with Gasteiger partial charge in [0.05, 0.1) is 5.69 Å². The first-order valence-corrected chi connectivity index (χ1v) is 7.14. The van der Waals surface area contributed by atoms with Crippen molar-refractivity contribution in [2.24, 2.45) is 0 Å². The number of pyridine rings is 1. The molecule has 0 saturated carbocycles. The number of hydrogen-bond acceptors (Lipinski definition) is 3. The molecule has 6 heteroatoms. The highest BCUT2D eigenvalue weighted by Crippen LogP contribution is 2.25. The summed E-state index contributed by atoms with van der Waals surface area (Å²) in [6.07, 6.45) is 1.78. The van der Waals surface area contributed by atoms with Crippen LogP contribution in [-0.2, 0) is 0 Å². The third-order valence-electron chi connectivity index (χ3n) is 3.66. The fourth-order valence-electron chi connectivity index (χ4n) is 2.58. The van der Waals surface area contributed by atoms with Gasteiger partial charge < -0.3 is 4.74 Å². The summed E-state index contributed by atoms with van der Waals surface area (Å²) in [4.78, 5) is 12.2. The Morgan fingerprint density at radius 2 is 1.91 bits per heavy atom. The molecule has 0 bridgehead atoms. The topological polar surface area (TPSA) is 59.9 Å². The van der Waals surface area contributed by atoms with Crippen LogP contribution in [0.3, 0.4) is 0 Å². The molecule has 2 heterocycles. The summed E-state index contributed by atoms with van der Waals surface area (Å²) in [6.45, 7) is 2.97. The van der Waals surface area contributed by atoms with Crippen molar-refractivity contribution >= 4 is 0 Å². The first-order chi connectivity index (χ1) is 11.1. The predicted octanol–water partition coefficient (Wildman–Crippen LogP) is 3.15. The lowest BCUT2D eigenvalue weighted by Crippen LogP contribution is -2.16. The van der Waals surface area contributed by atoms with E-state index in [0.29, 0.717) is 11.4 Å². The monoisotopic (exact) mass is 313 g/mol. The van der Waals surface area contributed by atoms with Crippen LogP contribution in [0.2, 0.25) is 0 Å². The quantitative estimate of drug-likeness (QED) is 0.805. The van der Waals surface area contributed by atoms with E-state index in [1.54, 1.807) is 41.1 Å². The fraction of sp³-hybridized carbons (Fsp3) is 0.176. The molecule has 0 aliphatic heterocycles. The molecule has 1 N–H and O–H groups in total. The maximum atomic E-state index is 12.2. The lowest BCUT2D eigenvalue weighted by molar-refractivity contribution is 0.192. The maximum absolute atomic E-state index is 12.2. The molecule has 118 valence electrons. The zero-order valence-electron chi connectivity index (χ0n) is 12.8. The number of H-pyrrole nitrogens is 1. The van der Waals surface area contributed by atoms with Gasteiger partial charge in [-0.25, -0.2) is 4.39 Å². The zero-order chi connectivity index (χ0) is 16.4. The number of aryl methyl sites for hydroxylation is 2. The van der Waals surface area contributed by atoms with Crippen LogP contribution in [0.5, 0.6) is 5.75 Å². The van der Waals surface area contributed by atoms with Gasteiger partial charge in [0, 0.05) is 34.8 Å². The average Bonchev–Trinajstić information content (AvgIpc) is 2.88. The van der Waals surface area contributed by atoms with Crippen molar-refractivity contribution in [3.63, 3.8) is 0 Å². The van der Waals surface area contributed by atoms with Crippen molar-refractivity contribution < 1.29 is 9.13 Å². The first kappa shape index (κ1) is 15.0. The number of alkyl halides is 1. The molecule has 0 radical (unpaired) electrons. The average molecular weight is 313 g/mol. The van der Waals surface area contributed by atoms with Gasteiger partial charge in [0.25, 0.3) is 5.56 Å². The van der Waals surface area contributed by atoms with Crippen molar-refractivity contribution in [3.05, 3.63) is 64.3 Å². The smallest absolute Gasteiger partial charge is 0.255 e. The summed E-state index contributed by atoms with van der Waals surface area (Å²) in [5.74, 6) is 0.418. The van der Waals surface area contributed by atoms with Crippen LogP contribution in [0.25, 0.3) is 16.8 Å². The van der Waals surface area contributed by atoms with Crippen molar-refractivity contribution in [1.29, 1.82) is 0 Å². The number of rotatable bonds is 4. The van der Waals surface area contributed by atoms with E-state index in [4.69, 9.17) is 4.74 Å². The molecule has 5 nitrogen and oxygen atoms in total. The van der Waals surface area contributed by atoms with Crippen LogP contribution in [0.1, 0.15) is 11.4 Å². The second-order valence-electron chi connectivity index (χ2n) is 5.18. The second-order valence-corrected chi connectivity index (χ2v) is 5.18. The fourth-order valence-corrected chi connectivity index (χ4v) is 2.58. The molecule has 0 unspecified atom stereocenters. The first-order valence-electron chi connectivity index (χ1n) is 7.14. The second kappa shape index (κ2) is 6.08. The van der Waals surface area contributed by atoms with Gasteiger partial charge in [0.15, 0.2) is 0 Å². The summed E-state index contributed by atoms with van der Waals surface area (Å²) >= 11 is 0. The van der Waals surface area contributed by atoms with Gasteiger partial charge in [-0.05, 0) is 44.2 Å². The summed E-state index contributed by atoms with van der Waals surface area (Å²) in [7, 11) is 0. The van der Waals surface area contributed by atoms with E-state index in [1.165, 1.54) is 6.07 Å². The van der Waals surface area contributed by atoms with Gasteiger partial charge in [-0.3, -0.25) is 14.5 Å². The van der Waals surface area contributed by atoms with Crippen molar-refractivity contribution in [3.8, 4) is 22.6 Å². The minimum atomic E-state index is -0.881. The number of halogens is 1. The number of nitrogens with zero attached hydrogens (tertiary/aromatic N) is 2. The molecule has 0 saturated heterocycles. The largest absolute Gasteiger partial charge is 0.463 e. The molecule has 0 aliphatic carbocycles. The predicted molar refractivity (Wildman–Crippen MR) is 85.7 cm³/mol. The third kappa shape index (κ3) is 2.88. The van der Waals surface area contributed by atoms with E-state index >= 15 is 0 Å². The normalized spacial score (nSPS) is 10.7. The highest BCUT2D eigenvalue weighted by molar-refractivity contribution is 5.67. The van der Waals surface area contributed by atoms with E-state index < -0.39 is 6.86 Å². The zero-order valence-corrected chi connectivity index (χ0v) is 12.8. The minimum absolute atomic E-state index is 0.147. The van der Waals surface area contributed by atoms with Gasteiger partial charge >= 0.3 is 0 Å². The summed E-state index contributed by atoms with van der Waals surface area (Å²) in [6, 6.07) is 9.98. The maximum Gasteiger partial charge on any atom is 0.255 e. The molecule has 2 aromatic heterocycles. The lowest BCUT2D eigenvalue weighted by atomic mass is 10.1. The highest BCUT2D eigenvalue weighted by Gasteiger charge is 2.11. The number of aromatic amines is 1. The van der Waals surface area contributed by atoms with Gasteiger partial charge in [-0.15, -0.1) is 0 Å².